The second-order valence-electron chi connectivity index (χ2n) is 9.67. The molecule has 2 aliphatic heterocycles. The highest BCUT2D eigenvalue weighted by molar-refractivity contribution is 6.30. The quantitative estimate of drug-likeness (QED) is 0.696. The van der Waals surface area contributed by atoms with Gasteiger partial charge in [-0.3, -0.25) is 4.79 Å². The number of hydrogen-bond donors (Lipinski definition) is 1. The first-order valence-electron chi connectivity index (χ1n) is 11.7. The van der Waals surface area contributed by atoms with Gasteiger partial charge in [0, 0.05) is 48.0 Å². The lowest BCUT2D eigenvalue weighted by Crippen LogP contribution is -2.34. The number of fused-ring (bicyclic) bond motifs is 1. The third-order valence-corrected chi connectivity index (χ3v) is 7.89. The minimum absolute atomic E-state index is 0.108. The third-order valence-electron chi connectivity index (χ3n) is 7.64. The molecule has 2 aromatic rings. The van der Waals surface area contributed by atoms with E-state index in [4.69, 9.17) is 11.6 Å². The zero-order chi connectivity index (χ0) is 21.4. The summed E-state index contributed by atoms with van der Waals surface area (Å²) in [6.07, 6.45) is 5.30. The van der Waals surface area contributed by atoms with E-state index < -0.39 is 0 Å². The van der Waals surface area contributed by atoms with Crippen molar-refractivity contribution in [3.8, 4) is 0 Å². The van der Waals surface area contributed by atoms with Gasteiger partial charge in [-0.25, -0.2) is 0 Å². The Bertz CT molecular complexity index is 905. The molecule has 3 aliphatic rings. The topological polar surface area (TPSA) is 35.6 Å². The fourth-order valence-electron chi connectivity index (χ4n) is 5.90. The monoisotopic (exact) mass is 437 g/mol. The van der Waals surface area contributed by atoms with Gasteiger partial charge in [-0.05, 0) is 92.9 Å². The van der Waals surface area contributed by atoms with Crippen LogP contribution in [0.25, 0.3) is 0 Å². The summed E-state index contributed by atoms with van der Waals surface area (Å²) in [5.74, 6) is 1.62. The number of nitrogens with zero attached hydrogens (tertiary/aromatic N) is 2. The van der Waals surface area contributed by atoms with Gasteiger partial charge in [0.1, 0.15) is 0 Å². The van der Waals surface area contributed by atoms with Gasteiger partial charge in [0.15, 0.2) is 0 Å². The molecule has 5 heteroatoms. The molecule has 4 nitrogen and oxygen atoms in total. The minimum atomic E-state index is 0.108. The van der Waals surface area contributed by atoms with Gasteiger partial charge in [-0.2, -0.15) is 0 Å². The molecular weight excluding hydrogens is 406 g/mol. The van der Waals surface area contributed by atoms with Crippen LogP contribution in [0.4, 0.5) is 11.4 Å². The molecule has 1 saturated carbocycles. The molecule has 0 spiro atoms. The van der Waals surface area contributed by atoms with Crippen LogP contribution in [0.1, 0.15) is 43.6 Å². The smallest absolute Gasteiger partial charge is 0.227 e. The Balaban J connectivity index is 1.15. The third kappa shape index (κ3) is 4.47. The molecule has 31 heavy (non-hydrogen) atoms. The number of likely N-dealkylation sites (N-methyl/N-ethyl adjacent to an activating group) is 1. The van der Waals surface area contributed by atoms with Crippen LogP contribution >= 0.6 is 11.6 Å². The summed E-state index contributed by atoms with van der Waals surface area (Å²) in [6, 6.07) is 17.3. The van der Waals surface area contributed by atoms with E-state index in [1.54, 1.807) is 0 Å². The Morgan fingerprint density at radius 2 is 1.65 bits per heavy atom. The van der Waals surface area contributed by atoms with Crippen molar-refractivity contribution in [2.24, 2.45) is 11.8 Å². The molecule has 1 aliphatic carbocycles. The molecule has 2 saturated heterocycles. The maximum atomic E-state index is 12.8. The van der Waals surface area contributed by atoms with E-state index in [1.807, 2.05) is 12.1 Å². The Hall–Kier alpha value is -2.04. The standard InChI is InChI=1S/C26H32ClN3O/c1-29-16-21-14-15-30(25(21)17-29)24-12-10-23(11-13-24)28-26(31)20-4-2-18(3-5-20)19-6-8-22(27)9-7-19/h6-13,18,20-21,25H,2-5,14-17H2,1H3,(H,28,31)/t18-,20-,21-,25+/m0/s1. The summed E-state index contributed by atoms with van der Waals surface area (Å²) in [7, 11) is 2.22. The van der Waals surface area contributed by atoms with E-state index >= 15 is 0 Å². The van der Waals surface area contributed by atoms with Crippen LogP contribution in [0.3, 0.4) is 0 Å². The number of halogens is 1. The maximum Gasteiger partial charge on any atom is 0.227 e. The molecule has 2 atom stereocenters. The van der Waals surface area contributed by atoms with E-state index in [2.05, 4.69) is 58.6 Å². The van der Waals surface area contributed by atoms with Crippen molar-refractivity contribution in [3.05, 3.63) is 59.1 Å². The van der Waals surface area contributed by atoms with Crippen molar-refractivity contribution < 1.29 is 4.79 Å². The summed E-state index contributed by atoms with van der Waals surface area (Å²) in [6.45, 7) is 3.52. The normalized spacial score (nSPS) is 28.5. The molecule has 0 aromatic heterocycles. The maximum absolute atomic E-state index is 12.8. The molecular formula is C26H32ClN3O. The van der Waals surface area contributed by atoms with E-state index in [9.17, 15) is 4.79 Å². The molecule has 2 aromatic carbocycles. The number of rotatable bonds is 4. The summed E-state index contributed by atoms with van der Waals surface area (Å²) in [5.41, 5.74) is 3.54. The Kier molecular flexibility index (Phi) is 5.94. The number of anilines is 2. The van der Waals surface area contributed by atoms with Gasteiger partial charge in [0.05, 0.1) is 0 Å². The number of carbonyl (C=O) groups is 1. The highest BCUT2D eigenvalue weighted by atomic mass is 35.5. The lowest BCUT2D eigenvalue weighted by Gasteiger charge is -2.28. The number of likely N-dealkylation sites (tertiary alicyclic amines) is 1. The Labute approximate surface area is 190 Å². The summed E-state index contributed by atoms with van der Waals surface area (Å²) < 4.78 is 0. The average Bonchev–Trinajstić information content (AvgIpc) is 3.34. The SMILES string of the molecule is CN1C[C@@H]2CCN(c3ccc(NC(=O)[C@H]4CC[C@H](c5ccc(Cl)cc5)CC4)cc3)[C@@H]2C1. The molecule has 1 amide bonds. The molecule has 3 fully saturated rings. The Morgan fingerprint density at radius 3 is 2.35 bits per heavy atom. The first kappa shape index (κ1) is 20.8. The van der Waals surface area contributed by atoms with Crippen molar-refractivity contribution in [1.82, 2.24) is 4.90 Å². The van der Waals surface area contributed by atoms with Gasteiger partial charge >= 0.3 is 0 Å². The predicted octanol–water partition coefficient (Wildman–Crippen LogP) is 5.39. The fourth-order valence-corrected chi connectivity index (χ4v) is 6.02. The largest absolute Gasteiger partial charge is 0.367 e. The van der Waals surface area contributed by atoms with Crippen molar-refractivity contribution >= 4 is 28.9 Å². The van der Waals surface area contributed by atoms with Crippen molar-refractivity contribution in [2.45, 2.75) is 44.1 Å². The lowest BCUT2D eigenvalue weighted by atomic mass is 9.78. The van der Waals surface area contributed by atoms with Gasteiger partial charge in [-0.15, -0.1) is 0 Å². The minimum Gasteiger partial charge on any atom is -0.367 e. The van der Waals surface area contributed by atoms with E-state index in [0.29, 0.717) is 12.0 Å². The molecule has 0 bridgehead atoms. The van der Waals surface area contributed by atoms with Gasteiger partial charge < -0.3 is 15.1 Å². The van der Waals surface area contributed by atoms with Crippen molar-refractivity contribution in [2.75, 3.05) is 36.9 Å². The van der Waals surface area contributed by atoms with E-state index in [-0.39, 0.29) is 11.8 Å². The fraction of sp³-hybridized carbons (Fsp3) is 0.500. The first-order chi connectivity index (χ1) is 15.1. The number of amides is 1. The van der Waals surface area contributed by atoms with E-state index in [0.717, 1.165) is 55.4 Å². The van der Waals surface area contributed by atoms with Crippen LogP contribution in [0, 0.1) is 11.8 Å². The first-order valence-corrected chi connectivity index (χ1v) is 12.1. The van der Waals surface area contributed by atoms with Crippen LogP contribution in [-0.4, -0.2) is 43.5 Å². The molecule has 5 rings (SSSR count). The summed E-state index contributed by atoms with van der Waals surface area (Å²) in [5, 5.41) is 3.94. The summed E-state index contributed by atoms with van der Waals surface area (Å²) in [4.78, 5) is 17.8. The van der Waals surface area contributed by atoms with Crippen molar-refractivity contribution in [1.29, 1.82) is 0 Å². The molecule has 0 unspecified atom stereocenters. The van der Waals surface area contributed by atoms with Crippen LogP contribution in [0.5, 0.6) is 0 Å². The van der Waals surface area contributed by atoms with Crippen molar-refractivity contribution in [3.63, 3.8) is 0 Å². The molecule has 1 N–H and O–H groups in total. The van der Waals surface area contributed by atoms with Crippen LogP contribution < -0.4 is 10.2 Å². The van der Waals surface area contributed by atoms with E-state index in [1.165, 1.54) is 24.2 Å². The zero-order valence-corrected chi connectivity index (χ0v) is 19.0. The molecule has 164 valence electrons. The van der Waals surface area contributed by atoms with Gasteiger partial charge in [-0.1, -0.05) is 23.7 Å². The summed E-state index contributed by atoms with van der Waals surface area (Å²) >= 11 is 6.01. The second kappa shape index (κ2) is 8.84. The highest BCUT2D eigenvalue weighted by Crippen LogP contribution is 2.37. The van der Waals surface area contributed by atoms with Crippen LogP contribution in [-0.2, 0) is 4.79 Å². The number of carbonyl (C=O) groups excluding carboxylic acids is 1. The van der Waals surface area contributed by atoms with Crippen LogP contribution in [0.15, 0.2) is 48.5 Å². The zero-order valence-electron chi connectivity index (χ0n) is 18.3. The molecule has 2 heterocycles. The molecule has 0 radical (unpaired) electrons. The highest BCUT2D eigenvalue weighted by Gasteiger charge is 2.40. The van der Waals surface area contributed by atoms with Gasteiger partial charge in [0.2, 0.25) is 5.91 Å². The predicted molar refractivity (Wildman–Crippen MR) is 128 cm³/mol. The van der Waals surface area contributed by atoms with Crippen LogP contribution in [0.2, 0.25) is 5.02 Å². The van der Waals surface area contributed by atoms with Gasteiger partial charge in [0.25, 0.3) is 0 Å². The lowest BCUT2D eigenvalue weighted by molar-refractivity contribution is -0.120. The average molecular weight is 438 g/mol. The number of nitrogens with one attached hydrogen (secondary N) is 1. The number of hydrogen-bond acceptors (Lipinski definition) is 3. The Morgan fingerprint density at radius 1 is 0.935 bits per heavy atom. The number of benzene rings is 2. The second-order valence-corrected chi connectivity index (χ2v) is 10.1.